The average Bonchev–Trinajstić information content (AvgIpc) is 2.86. The Kier molecular flexibility index (Phi) is 6.89. The van der Waals surface area contributed by atoms with Crippen molar-refractivity contribution in [2.24, 2.45) is 11.7 Å². The molecule has 7 nitrogen and oxygen atoms in total. The minimum atomic E-state index is -0.652. The average molecular weight is 539 g/mol. The highest BCUT2D eigenvalue weighted by molar-refractivity contribution is 14.1. The monoisotopic (exact) mass is 538 g/mol. The molecule has 0 radical (unpaired) electrons. The lowest BCUT2D eigenvalue weighted by molar-refractivity contribution is -0.120. The molecule has 0 spiro atoms. The topological polar surface area (TPSA) is 97.5 Å². The largest absolute Gasteiger partial charge is 0.444 e. The zero-order valence-electron chi connectivity index (χ0n) is 15.3. The molecule has 3 N–H and O–H groups in total. The van der Waals surface area contributed by atoms with E-state index in [2.05, 4.69) is 48.8 Å². The van der Waals surface area contributed by atoms with E-state index in [-0.39, 0.29) is 15.9 Å². The predicted octanol–water partition coefficient (Wildman–Crippen LogP) is 3.44. The number of ether oxygens (including phenoxy) is 1. The first-order valence-electron chi connectivity index (χ1n) is 8.33. The van der Waals surface area contributed by atoms with Gasteiger partial charge in [0.05, 0.1) is 4.05 Å². The molecular formula is C17H24BrIN4O3. The number of pyridine rings is 1. The van der Waals surface area contributed by atoms with Crippen LogP contribution >= 0.6 is 38.5 Å². The summed E-state index contributed by atoms with van der Waals surface area (Å²) >= 11 is 5.46. The highest BCUT2D eigenvalue weighted by atomic mass is 127. The van der Waals surface area contributed by atoms with Crippen molar-refractivity contribution < 1.29 is 14.3 Å². The molecule has 9 heteroatoms. The summed E-state index contributed by atoms with van der Waals surface area (Å²) < 4.78 is 5.91. The van der Waals surface area contributed by atoms with Gasteiger partial charge < -0.3 is 15.8 Å². The van der Waals surface area contributed by atoms with Crippen molar-refractivity contribution in [3.8, 4) is 0 Å². The van der Waals surface area contributed by atoms with Crippen molar-refractivity contribution in [1.82, 2.24) is 9.88 Å². The third kappa shape index (κ3) is 5.07. The summed E-state index contributed by atoms with van der Waals surface area (Å²) in [4.78, 5) is 31.4. The van der Waals surface area contributed by atoms with Gasteiger partial charge in [-0.15, -0.1) is 0 Å². The summed E-state index contributed by atoms with van der Waals surface area (Å²) in [7, 11) is 0. The summed E-state index contributed by atoms with van der Waals surface area (Å²) in [5.41, 5.74) is 6.04. The fraction of sp³-hybridized carbons (Fsp3) is 0.588. The van der Waals surface area contributed by atoms with Gasteiger partial charge in [0.15, 0.2) is 0 Å². The molecule has 1 aromatic heterocycles. The molecule has 144 valence electrons. The minimum absolute atomic E-state index is 0.0235. The second-order valence-electron chi connectivity index (χ2n) is 7.30. The van der Waals surface area contributed by atoms with Gasteiger partial charge in [-0.1, -0.05) is 28.7 Å². The number of hydrogen-bond acceptors (Lipinski definition) is 5. The van der Waals surface area contributed by atoms with Crippen molar-refractivity contribution in [1.29, 1.82) is 0 Å². The number of nitrogens with two attached hydrogens (primary N) is 1. The molecule has 3 atom stereocenters. The number of anilines is 1. The Balaban J connectivity index is 2.24. The Labute approximate surface area is 175 Å². The van der Waals surface area contributed by atoms with Gasteiger partial charge >= 0.3 is 6.09 Å². The summed E-state index contributed by atoms with van der Waals surface area (Å²) in [6.07, 6.45) is -0.0192. The number of amides is 2. The van der Waals surface area contributed by atoms with Crippen LogP contribution in [0.1, 0.15) is 32.8 Å². The molecule has 0 aromatic carbocycles. The van der Waals surface area contributed by atoms with Gasteiger partial charge in [-0.3, -0.25) is 9.69 Å². The second kappa shape index (κ2) is 8.39. The first-order valence-corrected chi connectivity index (χ1v) is 10.4. The molecule has 1 aliphatic rings. The maximum absolute atomic E-state index is 12.9. The van der Waals surface area contributed by atoms with Gasteiger partial charge in [0, 0.05) is 5.92 Å². The van der Waals surface area contributed by atoms with Crippen molar-refractivity contribution in [3.05, 3.63) is 22.3 Å². The van der Waals surface area contributed by atoms with Gasteiger partial charge in [-0.05, 0) is 68.2 Å². The number of rotatable bonds is 3. The van der Waals surface area contributed by atoms with Gasteiger partial charge in [0.2, 0.25) is 5.91 Å². The van der Waals surface area contributed by atoms with E-state index >= 15 is 0 Å². The SMILES string of the molecule is Cc1ccc(Br)nc1NC(=O)[C@@H]1C[C@H](CN)[C@@H](I)N1C(=O)OC(C)(C)C. The smallest absolute Gasteiger partial charge is 0.411 e. The summed E-state index contributed by atoms with van der Waals surface area (Å²) in [6, 6.07) is 3.01. The summed E-state index contributed by atoms with van der Waals surface area (Å²) in [5, 5.41) is 2.83. The molecular weight excluding hydrogens is 515 g/mol. The first-order chi connectivity index (χ1) is 12.0. The van der Waals surface area contributed by atoms with Gasteiger partial charge in [-0.25, -0.2) is 9.78 Å². The molecule has 0 unspecified atom stereocenters. The van der Waals surface area contributed by atoms with Crippen LogP contribution in [0.25, 0.3) is 0 Å². The molecule has 26 heavy (non-hydrogen) atoms. The van der Waals surface area contributed by atoms with Crippen LogP contribution in [0.3, 0.4) is 0 Å². The number of nitrogens with zero attached hydrogens (tertiary/aromatic N) is 2. The molecule has 2 rings (SSSR count). The summed E-state index contributed by atoms with van der Waals surface area (Å²) in [6.45, 7) is 7.65. The number of likely N-dealkylation sites (tertiary alicyclic amines) is 1. The van der Waals surface area contributed by atoms with Gasteiger partial charge in [0.1, 0.15) is 22.1 Å². The van der Waals surface area contributed by atoms with Crippen molar-refractivity contribution in [2.75, 3.05) is 11.9 Å². The zero-order chi connectivity index (χ0) is 19.6. The minimum Gasteiger partial charge on any atom is -0.444 e. The van der Waals surface area contributed by atoms with Crippen molar-refractivity contribution in [2.45, 2.75) is 49.8 Å². The second-order valence-corrected chi connectivity index (χ2v) is 9.38. The number of carbonyl (C=O) groups excluding carboxylic acids is 2. The lowest BCUT2D eigenvalue weighted by Crippen LogP contribution is -2.47. The van der Waals surface area contributed by atoms with Crippen molar-refractivity contribution in [3.63, 3.8) is 0 Å². The van der Waals surface area contributed by atoms with Crippen molar-refractivity contribution >= 4 is 56.3 Å². The molecule has 1 aliphatic heterocycles. The number of alkyl halides is 1. The molecule has 1 aromatic rings. The predicted molar refractivity (Wildman–Crippen MR) is 112 cm³/mol. The third-order valence-corrected chi connectivity index (χ3v) is 6.09. The lowest BCUT2D eigenvalue weighted by Gasteiger charge is -2.30. The number of halogens is 2. The standard InChI is InChI=1S/C17H24BrIN4O3/c1-9-5-6-12(18)21-14(9)22-15(24)11-7-10(8-20)13(19)23(11)16(25)26-17(2,3)4/h5-6,10-11,13H,7-8,20H2,1-4H3,(H,21,22,24)/t10-,11+,13+/m1/s1. The molecule has 1 fully saturated rings. The Morgan fingerprint density at radius 2 is 2.12 bits per heavy atom. The fourth-order valence-corrected chi connectivity index (χ4v) is 4.24. The van der Waals surface area contributed by atoms with Crippen LogP contribution in [0.15, 0.2) is 16.7 Å². The number of hydrogen-bond donors (Lipinski definition) is 2. The highest BCUT2D eigenvalue weighted by Gasteiger charge is 2.47. The van der Waals surface area contributed by atoms with Crippen LogP contribution in [-0.2, 0) is 9.53 Å². The molecule has 1 saturated heterocycles. The molecule has 2 amide bonds. The molecule has 0 bridgehead atoms. The Morgan fingerprint density at radius 3 is 2.69 bits per heavy atom. The number of aryl methyl sites for hydroxylation is 1. The van der Waals surface area contributed by atoms with Gasteiger partial charge in [-0.2, -0.15) is 0 Å². The van der Waals surface area contributed by atoms with Crippen LogP contribution in [0.5, 0.6) is 0 Å². The van der Waals surface area contributed by atoms with Crippen LogP contribution in [0.2, 0.25) is 0 Å². The highest BCUT2D eigenvalue weighted by Crippen LogP contribution is 2.35. The van der Waals surface area contributed by atoms with E-state index in [4.69, 9.17) is 10.5 Å². The maximum Gasteiger partial charge on any atom is 0.411 e. The number of aromatic nitrogens is 1. The van der Waals surface area contributed by atoms with E-state index in [1.54, 1.807) is 26.8 Å². The normalized spacial score (nSPS) is 23.0. The van der Waals surface area contributed by atoms with Crippen LogP contribution in [-0.4, -0.2) is 44.1 Å². The number of nitrogens with one attached hydrogen (secondary N) is 1. The Bertz CT molecular complexity index is 695. The zero-order valence-corrected chi connectivity index (χ0v) is 19.0. The molecule has 0 aliphatic carbocycles. The number of carbonyl (C=O) groups is 2. The fourth-order valence-electron chi connectivity index (χ4n) is 2.73. The first kappa shape index (κ1) is 21.4. The Hall–Kier alpha value is -0.940. The van der Waals surface area contributed by atoms with E-state index < -0.39 is 17.7 Å². The Morgan fingerprint density at radius 1 is 1.46 bits per heavy atom. The third-order valence-electron chi connectivity index (χ3n) is 4.03. The van der Waals surface area contributed by atoms with E-state index in [1.165, 1.54) is 4.90 Å². The summed E-state index contributed by atoms with van der Waals surface area (Å²) in [5.74, 6) is 0.201. The van der Waals surface area contributed by atoms with E-state index in [1.807, 2.05) is 13.0 Å². The van der Waals surface area contributed by atoms with E-state index in [0.717, 1.165) is 5.56 Å². The van der Waals surface area contributed by atoms with Crippen LogP contribution in [0, 0.1) is 12.8 Å². The van der Waals surface area contributed by atoms with E-state index in [0.29, 0.717) is 23.4 Å². The lowest BCUT2D eigenvalue weighted by atomic mass is 10.1. The quantitative estimate of drug-likeness (QED) is 0.266. The van der Waals surface area contributed by atoms with Crippen LogP contribution in [0.4, 0.5) is 10.6 Å². The van der Waals surface area contributed by atoms with E-state index in [9.17, 15) is 9.59 Å². The molecule has 0 saturated carbocycles. The molecule has 2 heterocycles. The maximum atomic E-state index is 12.9. The van der Waals surface area contributed by atoms with Gasteiger partial charge in [0.25, 0.3) is 0 Å². The van der Waals surface area contributed by atoms with Crippen LogP contribution < -0.4 is 11.1 Å².